The summed E-state index contributed by atoms with van der Waals surface area (Å²) in [5, 5.41) is 3.19. The number of nitrogens with zero attached hydrogens (tertiary/aromatic N) is 1. The molecule has 1 aromatic rings. The van der Waals surface area contributed by atoms with Crippen molar-refractivity contribution in [1.29, 1.82) is 0 Å². The molecule has 3 heteroatoms. The van der Waals surface area contributed by atoms with Gasteiger partial charge in [0.15, 0.2) is 0 Å². The van der Waals surface area contributed by atoms with Crippen LogP contribution in [0.2, 0.25) is 0 Å². The Morgan fingerprint density at radius 1 is 1.47 bits per heavy atom. The van der Waals surface area contributed by atoms with E-state index in [2.05, 4.69) is 23.2 Å². The number of rotatable bonds is 8. The molecule has 17 heavy (non-hydrogen) atoms. The first-order chi connectivity index (χ1) is 8.35. The summed E-state index contributed by atoms with van der Waals surface area (Å²) in [6.07, 6.45) is 7.10. The Bertz CT molecular complexity index is 331. The molecule has 1 aliphatic rings. The SMILES string of the molecule is CCCCN(Cc1occc1CNC)C1CC1. The van der Waals surface area contributed by atoms with Gasteiger partial charge in [0.2, 0.25) is 0 Å². The first-order valence-electron chi connectivity index (χ1n) is 6.79. The highest BCUT2D eigenvalue weighted by Crippen LogP contribution is 2.29. The summed E-state index contributed by atoms with van der Waals surface area (Å²) >= 11 is 0. The van der Waals surface area contributed by atoms with Gasteiger partial charge in [0, 0.05) is 18.2 Å². The predicted octanol–water partition coefficient (Wildman–Crippen LogP) is 2.76. The Labute approximate surface area is 104 Å². The van der Waals surface area contributed by atoms with Crippen molar-refractivity contribution in [2.45, 2.75) is 51.7 Å². The van der Waals surface area contributed by atoms with Gasteiger partial charge < -0.3 is 9.73 Å². The van der Waals surface area contributed by atoms with Crippen LogP contribution in [0.1, 0.15) is 43.9 Å². The topological polar surface area (TPSA) is 28.4 Å². The Kier molecular flexibility index (Phi) is 4.63. The van der Waals surface area contributed by atoms with Crippen LogP contribution in [0.25, 0.3) is 0 Å². The third-order valence-corrected chi connectivity index (χ3v) is 3.41. The minimum atomic E-state index is 0.814. The molecule has 1 heterocycles. The maximum absolute atomic E-state index is 5.62. The van der Waals surface area contributed by atoms with Gasteiger partial charge >= 0.3 is 0 Å². The van der Waals surface area contributed by atoms with Crippen LogP contribution >= 0.6 is 0 Å². The van der Waals surface area contributed by atoms with E-state index >= 15 is 0 Å². The van der Waals surface area contributed by atoms with E-state index in [1.54, 1.807) is 0 Å². The molecule has 1 aliphatic carbocycles. The number of hydrogen-bond acceptors (Lipinski definition) is 3. The molecule has 0 radical (unpaired) electrons. The molecular formula is C14H24N2O. The summed E-state index contributed by atoms with van der Waals surface area (Å²) in [6.45, 7) is 5.35. The first-order valence-corrected chi connectivity index (χ1v) is 6.79. The minimum Gasteiger partial charge on any atom is -0.468 e. The highest BCUT2D eigenvalue weighted by Gasteiger charge is 2.29. The molecule has 0 aliphatic heterocycles. The molecule has 1 N–H and O–H groups in total. The minimum absolute atomic E-state index is 0.814. The summed E-state index contributed by atoms with van der Waals surface area (Å²) in [5.74, 6) is 1.14. The van der Waals surface area contributed by atoms with Crippen molar-refractivity contribution < 1.29 is 4.42 Å². The first kappa shape index (κ1) is 12.7. The van der Waals surface area contributed by atoms with Gasteiger partial charge in [-0.15, -0.1) is 0 Å². The summed E-state index contributed by atoms with van der Waals surface area (Å²) in [6, 6.07) is 2.89. The highest BCUT2D eigenvalue weighted by atomic mass is 16.3. The smallest absolute Gasteiger partial charge is 0.122 e. The van der Waals surface area contributed by atoms with Gasteiger partial charge in [-0.3, -0.25) is 4.90 Å². The van der Waals surface area contributed by atoms with Crippen LogP contribution in [0.4, 0.5) is 0 Å². The lowest BCUT2D eigenvalue weighted by Gasteiger charge is -2.21. The van der Waals surface area contributed by atoms with Gasteiger partial charge in [0.1, 0.15) is 5.76 Å². The number of unbranched alkanes of at least 4 members (excludes halogenated alkanes) is 1. The quantitative estimate of drug-likeness (QED) is 0.752. The van der Waals surface area contributed by atoms with Crippen molar-refractivity contribution in [3.8, 4) is 0 Å². The third kappa shape index (κ3) is 3.58. The normalized spacial score (nSPS) is 15.7. The molecular weight excluding hydrogens is 212 g/mol. The zero-order valence-electron chi connectivity index (χ0n) is 11.0. The van der Waals surface area contributed by atoms with Crippen molar-refractivity contribution in [3.63, 3.8) is 0 Å². The Hall–Kier alpha value is -0.800. The van der Waals surface area contributed by atoms with Crippen molar-refractivity contribution in [2.75, 3.05) is 13.6 Å². The maximum atomic E-state index is 5.62. The van der Waals surface area contributed by atoms with E-state index in [9.17, 15) is 0 Å². The molecule has 0 bridgehead atoms. The standard InChI is InChI=1S/C14H24N2O/c1-3-4-8-16(13-5-6-13)11-14-12(10-15-2)7-9-17-14/h7,9,13,15H,3-6,8,10-11H2,1-2H3. The largest absolute Gasteiger partial charge is 0.468 e. The zero-order chi connectivity index (χ0) is 12.1. The van der Waals surface area contributed by atoms with Crippen LogP contribution in [0.3, 0.4) is 0 Å². The highest BCUT2D eigenvalue weighted by molar-refractivity contribution is 5.17. The fourth-order valence-electron chi connectivity index (χ4n) is 2.23. The molecule has 0 unspecified atom stereocenters. The Morgan fingerprint density at radius 2 is 2.29 bits per heavy atom. The number of hydrogen-bond donors (Lipinski definition) is 1. The molecule has 0 saturated heterocycles. The fraction of sp³-hybridized carbons (Fsp3) is 0.714. The lowest BCUT2D eigenvalue weighted by atomic mass is 10.2. The number of furan rings is 1. The number of nitrogens with one attached hydrogen (secondary N) is 1. The van der Waals surface area contributed by atoms with E-state index in [1.165, 1.54) is 37.8 Å². The van der Waals surface area contributed by atoms with Gasteiger partial charge in [0.05, 0.1) is 12.8 Å². The van der Waals surface area contributed by atoms with E-state index in [0.717, 1.165) is 24.9 Å². The third-order valence-electron chi connectivity index (χ3n) is 3.41. The second kappa shape index (κ2) is 6.22. The summed E-state index contributed by atoms with van der Waals surface area (Å²) in [4.78, 5) is 2.58. The Balaban J connectivity index is 1.93. The van der Waals surface area contributed by atoms with Gasteiger partial charge in [0.25, 0.3) is 0 Å². The van der Waals surface area contributed by atoms with Crippen molar-refractivity contribution in [3.05, 3.63) is 23.7 Å². The molecule has 3 nitrogen and oxygen atoms in total. The van der Waals surface area contributed by atoms with E-state index in [1.807, 2.05) is 13.3 Å². The van der Waals surface area contributed by atoms with Gasteiger partial charge in [-0.25, -0.2) is 0 Å². The summed E-state index contributed by atoms with van der Waals surface area (Å²) in [5.41, 5.74) is 1.30. The van der Waals surface area contributed by atoms with E-state index < -0.39 is 0 Å². The molecule has 1 saturated carbocycles. The van der Waals surface area contributed by atoms with Gasteiger partial charge in [-0.05, 0) is 38.9 Å². The van der Waals surface area contributed by atoms with Crippen LogP contribution in [-0.2, 0) is 13.1 Å². The van der Waals surface area contributed by atoms with Crippen molar-refractivity contribution >= 4 is 0 Å². The molecule has 2 rings (SSSR count). The van der Waals surface area contributed by atoms with Crippen LogP contribution in [0.15, 0.2) is 16.7 Å². The molecule has 1 aromatic heterocycles. The Morgan fingerprint density at radius 3 is 2.94 bits per heavy atom. The fourth-order valence-corrected chi connectivity index (χ4v) is 2.23. The molecule has 0 amide bonds. The average Bonchev–Trinajstić information content (AvgIpc) is 3.08. The lowest BCUT2D eigenvalue weighted by molar-refractivity contribution is 0.229. The summed E-state index contributed by atoms with van der Waals surface area (Å²) in [7, 11) is 1.98. The maximum Gasteiger partial charge on any atom is 0.122 e. The monoisotopic (exact) mass is 236 g/mol. The van der Waals surface area contributed by atoms with E-state index in [0.29, 0.717) is 0 Å². The van der Waals surface area contributed by atoms with Crippen LogP contribution in [-0.4, -0.2) is 24.5 Å². The average molecular weight is 236 g/mol. The molecule has 96 valence electrons. The predicted molar refractivity (Wildman–Crippen MR) is 69.8 cm³/mol. The lowest BCUT2D eigenvalue weighted by Crippen LogP contribution is -2.27. The molecule has 0 aromatic carbocycles. The van der Waals surface area contributed by atoms with Crippen LogP contribution in [0.5, 0.6) is 0 Å². The van der Waals surface area contributed by atoms with Crippen LogP contribution in [0, 0.1) is 0 Å². The molecule has 1 fully saturated rings. The van der Waals surface area contributed by atoms with E-state index in [4.69, 9.17) is 4.42 Å². The van der Waals surface area contributed by atoms with Crippen molar-refractivity contribution in [1.82, 2.24) is 10.2 Å². The van der Waals surface area contributed by atoms with Gasteiger partial charge in [-0.1, -0.05) is 13.3 Å². The van der Waals surface area contributed by atoms with Gasteiger partial charge in [-0.2, -0.15) is 0 Å². The van der Waals surface area contributed by atoms with Crippen molar-refractivity contribution in [2.24, 2.45) is 0 Å². The molecule has 0 atom stereocenters. The zero-order valence-corrected chi connectivity index (χ0v) is 11.0. The second-order valence-corrected chi connectivity index (χ2v) is 4.95. The molecule has 0 spiro atoms. The second-order valence-electron chi connectivity index (χ2n) is 4.95. The van der Waals surface area contributed by atoms with E-state index in [-0.39, 0.29) is 0 Å². The summed E-state index contributed by atoms with van der Waals surface area (Å²) < 4.78 is 5.62. The van der Waals surface area contributed by atoms with Crippen LogP contribution < -0.4 is 5.32 Å².